The summed E-state index contributed by atoms with van der Waals surface area (Å²) >= 11 is 21.9. The molecule has 0 spiro atoms. The van der Waals surface area contributed by atoms with E-state index in [-0.39, 0.29) is 139 Å². The van der Waals surface area contributed by atoms with Gasteiger partial charge in [-0.2, -0.15) is 0 Å². The molecule has 6 atom stereocenters. The van der Waals surface area contributed by atoms with E-state index in [9.17, 15) is 28.8 Å². The number of aromatic nitrogens is 12. The lowest BCUT2D eigenvalue weighted by Gasteiger charge is -2.48. The number of ether oxygens (including phenoxy) is 2. The molecule has 3 saturated heterocycles. The molecular weight excluding hydrogens is 1820 g/mol. The number of carbonyl (C=O) groups excluding carboxylic acids is 3. The van der Waals surface area contributed by atoms with Gasteiger partial charge in [-0.15, -0.1) is 0 Å². The van der Waals surface area contributed by atoms with Crippen molar-refractivity contribution in [3.63, 3.8) is 0 Å². The number of nitrogens with zero attached hydrogens (tertiary/aromatic N) is 15. The Morgan fingerprint density at radius 1 is 0.428 bits per heavy atom. The van der Waals surface area contributed by atoms with E-state index in [1.165, 1.54) is 34.9 Å². The SMILES string of the molecule is C=CC(=O)N1CC2CCOc3c(c4cc(F)c(-c5c(C)ccc6[nH]cnc56)c(Cl)c4n(-c4c(C)ccnc4C(C)C)c3=O)N2CC1C.C=CC(=O)N1CC2COc3c(c4cc(Cl)c(-c5c(C)ccc6[nH]cnc56)c(F)c4n(-c4c(C)ccnc4C(C)C)c3=O)N2CC1C.C=CC(=O)N1CC2Cc3c(c4cc(F)c(-c5c(C)ccc6[nH]cnc56)c(Cl)c4n(-c4c(C)ccnc4C(C)C)c3=O)N2CC1C. The Bertz CT molecular complexity index is 7910. The van der Waals surface area contributed by atoms with Gasteiger partial charge in [-0.25, -0.2) is 28.1 Å². The van der Waals surface area contributed by atoms with Crippen LogP contribution in [0.15, 0.2) is 163 Å². The van der Waals surface area contributed by atoms with Crippen molar-refractivity contribution in [1.29, 1.82) is 0 Å². The lowest BCUT2D eigenvalue weighted by atomic mass is 9.94. The fourth-order valence-corrected chi connectivity index (χ4v) is 22.7. The second kappa shape index (κ2) is 35.9. The number of hydrogen-bond donors (Lipinski definition) is 3. The molecule has 26 nitrogen and oxygen atoms in total. The molecule has 6 aromatic carbocycles. The fraction of sp³-hybridized carbons (Fsp3) is 0.321. The van der Waals surface area contributed by atoms with Gasteiger partial charge in [0.05, 0.1) is 160 Å². The van der Waals surface area contributed by atoms with Crippen LogP contribution in [0, 0.1) is 59.0 Å². The average molecular weight is 1920 g/mol. The van der Waals surface area contributed by atoms with E-state index >= 15 is 13.2 Å². The number of H-pyrrole nitrogens is 3. The van der Waals surface area contributed by atoms with Crippen molar-refractivity contribution < 1.29 is 37.0 Å². The summed E-state index contributed by atoms with van der Waals surface area (Å²) < 4.78 is 68.4. The number of amides is 3. The van der Waals surface area contributed by atoms with Crippen molar-refractivity contribution in [2.24, 2.45) is 0 Å². The Kier molecular flexibility index (Phi) is 24.2. The lowest BCUT2D eigenvalue weighted by Crippen LogP contribution is -2.62. The highest BCUT2D eigenvalue weighted by Gasteiger charge is 2.47. The first-order valence-corrected chi connectivity index (χ1v) is 47.5. The Labute approximate surface area is 808 Å². The molecule has 138 heavy (non-hydrogen) atoms. The first-order chi connectivity index (χ1) is 66.1. The van der Waals surface area contributed by atoms with E-state index in [4.69, 9.17) is 54.2 Å². The highest BCUT2D eigenvalue weighted by molar-refractivity contribution is 6.40. The number of carbonyl (C=O) groups is 3. The molecular formula is C106H104Cl3F3N18O8. The number of piperazine rings is 3. The number of hydrogen-bond acceptors (Lipinski definition) is 17. The number of aromatic amines is 3. The molecule has 32 heteroatoms. The normalized spacial score (nSPS) is 17.8. The molecule has 6 unspecified atom stereocenters. The zero-order chi connectivity index (χ0) is 97.8. The summed E-state index contributed by atoms with van der Waals surface area (Å²) in [4.78, 5) is 131. The molecule has 3 fully saturated rings. The quantitative estimate of drug-likeness (QED) is 0.0958. The van der Waals surface area contributed by atoms with Crippen LogP contribution in [0.2, 0.25) is 15.1 Å². The number of halogens is 6. The maximum atomic E-state index is 17.7. The van der Waals surface area contributed by atoms with Gasteiger partial charge in [0.15, 0.2) is 5.82 Å². The third-order valence-corrected chi connectivity index (χ3v) is 29.3. The van der Waals surface area contributed by atoms with Gasteiger partial charge in [-0.1, -0.05) is 114 Å². The molecule has 0 bridgehead atoms. The summed E-state index contributed by atoms with van der Waals surface area (Å²) in [6.07, 6.45) is 14.8. The zero-order valence-electron chi connectivity index (χ0n) is 79.3. The van der Waals surface area contributed by atoms with E-state index in [0.29, 0.717) is 164 Å². The van der Waals surface area contributed by atoms with Crippen LogP contribution in [-0.4, -0.2) is 180 Å². The van der Waals surface area contributed by atoms with E-state index in [1.807, 2.05) is 158 Å². The predicted molar refractivity (Wildman–Crippen MR) is 540 cm³/mol. The van der Waals surface area contributed by atoms with Gasteiger partial charge in [0.2, 0.25) is 29.2 Å². The standard InChI is InChI=1S/C36H36ClFN6O3.C35H34ClFN6O3.C35H34ClFN6O2/c1-7-26(45)42-16-22-11-13-47-35-34(43(22)15-21(42)6)23-14-24(38)28(27-19(4)8-9-25-31(27)41-17-40-25)29(37)33(23)44(36(35)46)32-20(5)10-12-39-30(32)18(2)3;1-7-25(44)41-14-21-15-46-34-33(42(21)13-20(41)6)22-12-23(36)27(26-18(4)8-9-24-30(26)40-16-39-24)28(37)32(22)43(35(34)45)31-19(5)10-11-38-29(31)17(2)3;1-7-26(44)41-15-21-12-23-33(42(21)14-20(41)6)22-13-24(37)28(27-18(4)8-9-25-31(27)40-16-39-25)29(36)34(22)43(35(23)45)32-19(5)10-11-38-30(32)17(2)3/h7-10,12,14,17-18,21-22H,1,11,13,15-16H2,2-6H3,(H,40,41);7-12,16-17,20-21H,1,13-15H2,2-6H3,(H,39,40);7-11,13,16-17,20-21H,1,12,14-15H2,2-6H3,(H,39,40). The third kappa shape index (κ3) is 14.9. The van der Waals surface area contributed by atoms with E-state index < -0.39 is 28.6 Å². The van der Waals surface area contributed by atoms with Crippen LogP contribution in [0.4, 0.5) is 30.2 Å². The van der Waals surface area contributed by atoms with E-state index in [0.717, 1.165) is 55.6 Å². The van der Waals surface area contributed by atoms with Crippen molar-refractivity contribution in [2.75, 3.05) is 67.2 Å². The summed E-state index contributed by atoms with van der Waals surface area (Å²) in [6.45, 7) is 43.4. The summed E-state index contributed by atoms with van der Waals surface area (Å²) in [5, 5.41) is 1.84. The van der Waals surface area contributed by atoms with Gasteiger partial charge in [0.1, 0.15) is 18.2 Å². The summed E-state index contributed by atoms with van der Waals surface area (Å²) in [6, 6.07) is 20.5. The number of pyridine rings is 6. The monoisotopic (exact) mass is 1920 g/mol. The number of benzene rings is 6. The molecule has 0 saturated carbocycles. The summed E-state index contributed by atoms with van der Waals surface area (Å²) in [5.74, 6) is -2.02. The van der Waals surface area contributed by atoms with Gasteiger partial charge in [0, 0.05) is 144 Å². The van der Waals surface area contributed by atoms with Crippen molar-refractivity contribution in [3.8, 4) is 61.9 Å². The minimum Gasteiger partial charge on any atom is -0.486 e. The molecule has 3 N–H and O–H groups in total. The second-order valence-corrected chi connectivity index (χ2v) is 39.0. The number of imidazole rings is 3. The number of nitrogens with one attached hydrogen (secondary N) is 3. The Hall–Kier alpha value is -13.9. The van der Waals surface area contributed by atoms with E-state index in [2.05, 4.69) is 69.3 Å². The van der Waals surface area contributed by atoms with Crippen molar-refractivity contribution >= 4 is 135 Å². The van der Waals surface area contributed by atoms with Gasteiger partial charge in [0.25, 0.3) is 16.7 Å². The Morgan fingerprint density at radius 2 is 0.790 bits per heavy atom. The second-order valence-electron chi connectivity index (χ2n) is 37.9. The van der Waals surface area contributed by atoms with Gasteiger partial charge >= 0.3 is 0 Å². The Morgan fingerprint density at radius 3 is 1.21 bits per heavy atom. The van der Waals surface area contributed by atoms with Crippen LogP contribution in [0.5, 0.6) is 11.5 Å². The molecule has 21 rings (SSSR count). The highest BCUT2D eigenvalue weighted by atomic mass is 35.5. The highest BCUT2D eigenvalue weighted by Crippen LogP contribution is 2.53. The van der Waals surface area contributed by atoms with Crippen LogP contribution in [0.25, 0.3) is 116 Å². The Balaban J connectivity index is 0.000000132. The van der Waals surface area contributed by atoms with Crippen molar-refractivity contribution in [2.45, 2.75) is 171 Å². The molecule has 6 aliphatic rings. The summed E-state index contributed by atoms with van der Waals surface area (Å²) in [5.41, 5.74) is 16.8. The minimum atomic E-state index is -0.644. The van der Waals surface area contributed by atoms with Gasteiger partial charge in [-0.3, -0.25) is 57.4 Å². The minimum absolute atomic E-state index is 0.000462. The molecule has 708 valence electrons. The smallest absolute Gasteiger partial charge is 0.300 e. The molecule has 0 aliphatic carbocycles. The van der Waals surface area contributed by atoms with Crippen LogP contribution in [0.1, 0.15) is 143 Å². The fourth-order valence-electron chi connectivity index (χ4n) is 21.7. The van der Waals surface area contributed by atoms with Gasteiger partial charge in [-0.05, 0) is 186 Å². The largest absolute Gasteiger partial charge is 0.486 e. The zero-order valence-corrected chi connectivity index (χ0v) is 81.5. The molecule has 15 heterocycles. The van der Waals surface area contributed by atoms with Crippen LogP contribution >= 0.6 is 34.8 Å². The van der Waals surface area contributed by atoms with Crippen LogP contribution < -0.4 is 40.9 Å². The van der Waals surface area contributed by atoms with Crippen LogP contribution in [0.3, 0.4) is 0 Å². The molecule has 0 radical (unpaired) electrons. The third-order valence-electron chi connectivity index (χ3n) is 28.2. The first-order valence-electron chi connectivity index (χ1n) is 46.4. The average Bonchev–Trinajstić information content (AvgIpc) is 1.70. The number of aryl methyl sites for hydroxylation is 6. The first kappa shape index (κ1) is 93.1. The number of rotatable bonds is 12. The summed E-state index contributed by atoms with van der Waals surface area (Å²) in [7, 11) is 0. The van der Waals surface area contributed by atoms with E-state index in [1.54, 1.807) is 67.5 Å². The van der Waals surface area contributed by atoms with Crippen molar-refractivity contribution in [1.82, 2.24) is 73.3 Å². The maximum absolute atomic E-state index is 17.7. The van der Waals surface area contributed by atoms with Crippen molar-refractivity contribution in [3.05, 3.63) is 268 Å². The molecule has 9 aromatic heterocycles. The maximum Gasteiger partial charge on any atom is 0.300 e. The number of fused-ring (bicyclic) bond motifs is 18. The molecule has 15 aromatic rings. The lowest BCUT2D eigenvalue weighted by molar-refractivity contribution is -0.129. The predicted octanol–water partition coefficient (Wildman–Crippen LogP) is 19.9. The molecule has 3 amide bonds. The van der Waals surface area contributed by atoms with Crippen LogP contribution in [-0.2, 0) is 20.8 Å². The van der Waals surface area contributed by atoms with Gasteiger partial charge < -0.3 is 53.8 Å². The topological polar surface area (TPSA) is 280 Å². The molecule has 6 aliphatic heterocycles. The number of anilines is 3.